The van der Waals surface area contributed by atoms with E-state index in [0.717, 1.165) is 0 Å². The molecule has 0 atom stereocenters. The Kier molecular flexibility index (Phi) is 6.64. The quantitative estimate of drug-likeness (QED) is 0.532. The van der Waals surface area contributed by atoms with E-state index in [9.17, 15) is 0 Å². The number of hydrogen-bond donors (Lipinski definition) is 0. The van der Waals surface area contributed by atoms with Crippen LogP contribution in [0.4, 0.5) is 0 Å². The number of benzene rings is 1. The molecule has 0 aliphatic heterocycles. The minimum absolute atomic E-state index is 1.23. The molecule has 1 aromatic carbocycles. The monoisotopic (exact) mass is 216 g/mol. The lowest BCUT2D eigenvalue weighted by atomic mass is 9.98. The van der Waals surface area contributed by atoms with E-state index in [0.29, 0.717) is 0 Å². The third kappa shape index (κ3) is 4.65. The Bertz CT molecular complexity index is 295. The predicted octanol–water partition coefficient (Wildman–Crippen LogP) is 5.45. The van der Waals surface area contributed by atoms with Crippen LogP contribution in [0, 0.1) is 0 Å². The van der Waals surface area contributed by atoms with Crippen molar-refractivity contribution >= 4 is 5.57 Å². The summed E-state index contributed by atoms with van der Waals surface area (Å²) in [5.74, 6) is 0. The van der Waals surface area contributed by atoms with E-state index < -0.39 is 0 Å². The molecule has 0 aliphatic carbocycles. The minimum Gasteiger partial charge on any atom is -0.0807 e. The highest BCUT2D eigenvalue weighted by atomic mass is 14.0. The van der Waals surface area contributed by atoms with Gasteiger partial charge in [0.15, 0.2) is 0 Å². The molecule has 0 fully saturated rings. The lowest BCUT2D eigenvalue weighted by molar-refractivity contribution is 0.800. The Labute approximate surface area is 100 Å². The third-order valence-electron chi connectivity index (χ3n) is 2.89. The standard InChI is InChI=1S/C16H24/c1-3-5-8-12-15(11-6-4-2)16-13-9-7-10-14-16/h7,9-10,12-14H,3-6,8,11H2,1-2H3/b15-12+. The van der Waals surface area contributed by atoms with Crippen molar-refractivity contribution < 1.29 is 0 Å². The first kappa shape index (κ1) is 13.0. The second-order valence-corrected chi connectivity index (χ2v) is 4.34. The summed E-state index contributed by atoms with van der Waals surface area (Å²) in [4.78, 5) is 0. The Morgan fingerprint density at radius 1 is 1.00 bits per heavy atom. The van der Waals surface area contributed by atoms with Crippen LogP contribution in [0.3, 0.4) is 0 Å². The lowest BCUT2D eigenvalue weighted by Crippen LogP contribution is -1.85. The molecule has 0 saturated carbocycles. The van der Waals surface area contributed by atoms with E-state index >= 15 is 0 Å². The molecule has 0 heteroatoms. The fourth-order valence-electron chi connectivity index (χ4n) is 1.86. The van der Waals surface area contributed by atoms with Crippen molar-refractivity contribution in [2.45, 2.75) is 52.4 Å². The maximum absolute atomic E-state index is 2.44. The molecule has 0 radical (unpaired) electrons. The summed E-state index contributed by atoms with van der Waals surface area (Å²) in [7, 11) is 0. The van der Waals surface area contributed by atoms with Crippen molar-refractivity contribution in [3.63, 3.8) is 0 Å². The summed E-state index contributed by atoms with van der Waals surface area (Å²) >= 11 is 0. The third-order valence-corrected chi connectivity index (χ3v) is 2.89. The highest BCUT2D eigenvalue weighted by Crippen LogP contribution is 2.21. The Hall–Kier alpha value is -1.04. The molecule has 16 heavy (non-hydrogen) atoms. The average Bonchev–Trinajstić information content (AvgIpc) is 2.35. The molecule has 0 nitrogen and oxygen atoms in total. The van der Waals surface area contributed by atoms with Crippen LogP contribution in [0.15, 0.2) is 36.4 Å². The van der Waals surface area contributed by atoms with E-state index in [1.54, 1.807) is 0 Å². The summed E-state index contributed by atoms with van der Waals surface area (Å²) in [5, 5.41) is 0. The van der Waals surface area contributed by atoms with Crippen LogP contribution in [-0.2, 0) is 0 Å². The van der Waals surface area contributed by atoms with Gasteiger partial charge < -0.3 is 0 Å². The van der Waals surface area contributed by atoms with Gasteiger partial charge in [0.05, 0.1) is 0 Å². The number of allylic oxidation sites excluding steroid dienone is 2. The lowest BCUT2D eigenvalue weighted by Gasteiger charge is -2.07. The smallest absolute Gasteiger partial charge is 0.0228 e. The minimum atomic E-state index is 1.23. The molecule has 0 amide bonds. The Balaban J connectivity index is 2.67. The number of hydrogen-bond acceptors (Lipinski definition) is 0. The van der Waals surface area contributed by atoms with Crippen LogP contribution in [-0.4, -0.2) is 0 Å². The highest BCUT2D eigenvalue weighted by Gasteiger charge is 1.99. The van der Waals surface area contributed by atoms with Gasteiger partial charge >= 0.3 is 0 Å². The van der Waals surface area contributed by atoms with Gasteiger partial charge in [0.25, 0.3) is 0 Å². The maximum atomic E-state index is 2.44. The SMILES string of the molecule is CCCC/C=C(\CCCC)c1ccccc1. The molecule has 0 aromatic heterocycles. The van der Waals surface area contributed by atoms with Crippen molar-refractivity contribution in [1.82, 2.24) is 0 Å². The van der Waals surface area contributed by atoms with E-state index in [2.05, 4.69) is 50.3 Å². The topological polar surface area (TPSA) is 0 Å². The summed E-state index contributed by atoms with van der Waals surface area (Å²) in [5.41, 5.74) is 2.95. The first-order valence-corrected chi connectivity index (χ1v) is 6.63. The van der Waals surface area contributed by atoms with Gasteiger partial charge in [-0.25, -0.2) is 0 Å². The zero-order valence-corrected chi connectivity index (χ0v) is 10.7. The fraction of sp³-hybridized carbons (Fsp3) is 0.500. The van der Waals surface area contributed by atoms with Crippen LogP contribution < -0.4 is 0 Å². The molecular weight excluding hydrogens is 192 g/mol. The summed E-state index contributed by atoms with van der Waals surface area (Å²) in [6.45, 7) is 4.51. The molecule has 0 N–H and O–H groups in total. The number of unbranched alkanes of at least 4 members (excludes halogenated alkanes) is 3. The van der Waals surface area contributed by atoms with E-state index in [-0.39, 0.29) is 0 Å². The number of rotatable bonds is 7. The predicted molar refractivity (Wildman–Crippen MR) is 73.5 cm³/mol. The van der Waals surface area contributed by atoms with Crippen molar-refractivity contribution in [2.75, 3.05) is 0 Å². The van der Waals surface area contributed by atoms with Gasteiger partial charge in [-0.05, 0) is 30.4 Å². The largest absolute Gasteiger partial charge is 0.0807 e. The van der Waals surface area contributed by atoms with Crippen LogP contribution in [0.25, 0.3) is 5.57 Å². The molecule has 0 heterocycles. The Morgan fingerprint density at radius 3 is 2.31 bits per heavy atom. The van der Waals surface area contributed by atoms with Gasteiger partial charge in [-0.1, -0.05) is 69.5 Å². The van der Waals surface area contributed by atoms with E-state index in [1.807, 2.05) is 0 Å². The zero-order chi connectivity index (χ0) is 11.6. The fourth-order valence-corrected chi connectivity index (χ4v) is 1.86. The summed E-state index contributed by atoms with van der Waals surface area (Å²) in [6, 6.07) is 10.8. The second-order valence-electron chi connectivity index (χ2n) is 4.34. The summed E-state index contributed by atoms with van der Waals surface area (Å²) in [6.07, 6.45) is 10.1. The molecule has 88 valence electrons. The zero-order valence-electron chi connectivity index (χ0n) is 10.7. The second kappa shape index (κ2) is 8.15. The van der Waals surface area contributed by atoms with E-state index in [1.165, 1.54) is 49.7 Å². The van der Waals surface area contributed by atoms with Gasteiger partial charge in [0.2, 0.25) is 0 Å². The maximum Gasteiger partial charge on any atom is -0.0228 e. The molecule has 0 saturated heterocycles. The Morgan fingerprint density at radius 2 is 1.69 bits per heavy atom. The highest BCUT2D eigenvalue weighted by molar-refractivity contribution is 5.65. The van der Waals surface area contributed by atoms with Gasteiger partial charge in [0, 0.05) is 0 Å². The van der Waals surface area contributed by atoms with Gasteiger partial charge in [-0.3, -0.25) is 0 Å². The molecule has 0 bridgehead atoms. The van der Waals surface area contributed by atoms with Crippen molar-refractivity contribution in [1.29, 1.82) is 0 Å². The molecule has 0 unspecified atom stereocenters. The molecule has 0 aliphatic rings. The van der Waals surface area contributed by atoms with Crippen molar-refractivity contribution in [2.24, 2.45) is 0 Å². The molecule has 1 aromatic rings. The first-order chi connectivity index (χ1) is 7.88. The normalized spacial score (nSPS) is 11.8. The van der Waals surface area contributed by atoms with Crippen LogP contribution in [0.2, 0.25) is 0 Å². The molecule has 1 rings (SSSR count). The van der Waals surface area contributed by atoms with Crippen LogP contribution >= 0.6 is 0 Å². The molecular formula is C16H24. The van der Waals surface area contributed by atoms with Gasteiger partial charge in [0.1, 0.15) is 0 Å². The molecule has 0 spiro atoms. The van der Waals surface area contributed by atoms with Crippen molar-refractivity contribution in [3.8, 4) is 0 Å². The van der Waals surface area contributed by atoms with Gasteiger partial charge in [-0.2, -0.15) is 0 Å². The summed E-state index contributed by atoms with van der Waals surface area (Å²) < 4.78 is 0. The van der Waals surface area contributed by atoms with Crippen molar-refractivity contribution in [3.05, 3.63) is 42.0 Å². The first-order valence-electron chi connectivity index (χ1n) is 6.63. The van der Waals surface area contributed by atoms with E-state index in [4.69, 9.17) is 0 Å². The average molecular weight is 216 g/mol. The van der Waals surface area contributed by atoms with Crippen LogP contribution in [0.1, 0.15) is 57.9 Å². The van der Waals surface area contributed by atoms with Gasteiger partial charge in [-0.15, -0.1) is 0 Å². The van der Waals surface area contributed by atoms with Crippen LogP contribution in [0.5, 0.6) is 0 Å².